The van der Waals surface area contributed by atoms with Gasteiger partial charge in [-0.25, -0.2) is 13.6 Å². The van der Waals surface area contributed by atoms with E-state index in [1.165, 1.54) is 13.0 Å². The van der Waals surface area contributed by atoms with Crippen LogP contribution in [0.15, 0.2) is 42.5 Å². The summed E-state index contributed by atoms with van der Waals surface area (Å²) in [5, 5.41) is 2.21. The SMILES string of the molecule is C[C@H](OC(=O)c1ccccc1OC[C@@H]1CCCO1)C(=O)Nc1cc(F)ccc1F. The van der Waals surface area contributed by atoms with Crippen molar-refractivity contribution in [1.82, 2.24) is 0 Å². The summed E-state index contributed by atoms with van der Waals surface area (Å²) >= 11 is 0. The average molecular weight is 405 g/mol. The third-order valence-electron chi connectivity index (χ3n) is 4.40. The summed E-state index contributed by atoms with van der Waals surface area (Å²) in [6.07, 6.45) is 0.595. The highest BCUT2D eigenvalue weighted by Gasteiger charge is 2.23. The molecule has 3 rings (SSSR count). The monoisotopic (exact) mass is 405 g/mol. The van der Waals surface area contributed by atoms with Crippen molar-refractivity contribution in [3.05, 3.63) is 59.7 Å². The fourth-order valence-electron chi connectivity index (χ4n) is 2.82. The third-order valence-corrected chi connectivity index (χ3v) is 4.40. The molecule has 0 aliphatic carbocycles. The van der Waals surface area contributed by atoms with E-state index < -0.39 is 29.6 Å². The Kier molecular flexibility index (Phi) is 6.77. The first kappa shape index (κ1) is 20.7. The van der Waals surface area contributed by atoms with E-state index >= 15 is 0 Å². The van der Waals surface area contributed by atoms with Gasteiger partial charge in [0.15, 0.2) is 6.10 Å². The lowest BCUT2D eigenvalue weighted by Gasteiger charge is -2.16. The highest BCUT2D eigenvalue weighted by Crippen LogP contribution is 2.22. The number of rotatable bonds is 7. The van der Waals surface area contributed by atoms with Gasteiger partial charge in [0, 0.05) is 12.7 Å². The zero-order chi connectivity index (χ0) is 20.8. The van der Waals surface area contributed by atoms with Crippen molar-refractivity contribution in [1.29, 1.82) is 0 Å². The summed E-state index contributed by atoms with van der Waals surface area (Å²) < 4.78 is 43.3. The van der Waals surface area contributed by atoms with Gasteiger partial charge in [0.05, 0.1) is 11.8 Å². The first-order valence-corrected chi connectivity index (χ1v) is 9.24. The third kappa shape index (κ3) is 5.51. The van der Waals surface area contributed by atoms with Crippen molar-refractivity contribution in [2.24, 2.45) is 0 Å². The van der Waals surface area contributed by atoms with Gasteiger partial charge in [-0.1, -0.05) is 12.1 Å². The van der Waals surface area contributed by atoms with Crippen LogP contribution in [-0.4, -0.2) is 37.3 Å². The number of esters is 1. The minimum Gasteiger partial charge on any atom is -0.490 e. The van der Waals surface area contributed by atoms with Crippen molar-refractivity contribution < 1.29 is 32.6 Å². The number of amides is 1. The van der Waals surface area contributed by atoms with E-state index in [0.29, 0.717) is 19.0 Å². The lowest BCUT2D eigenvalue weighted by atomic mass is 10.2. The predicted molar refractivity (Wildman–Crippen MR) is 101 cm³/mol. The molecule has 1 heterocycles. The molecule has 0 bridgehead atoms. The number of para-hydroxylation sites is 1. The van der Waals surface area contributed by atoms with E-state index in [0.717, 1.165) is 31.0 Å². The molecular weight excluding hydrogens is 384 g/mol. The molecule has 1 aliphatic rings. The van der Waals surface area contributed by atoms with Gasteiger partial charge in [0.25, 0.3) is 5.91 Å². The van der Waals surface area contributed by atoms with Gasteiger partial charge in [-0.15, -0.1) is 0 Å². The van der Waals surface area contributed by atoms with Gasteiger partial charge in [-0.05, 0) is 44.0 Å². The van der Waals surface area contributed by atoms with Gasteiger partial charge in [-0.2, -0.15) is 0 Å². The van der Waals surface area contributed by atoms with Crippen molar-refractivity contribution in [3.8, 4) is 5.75 Å². The molecule has 1 aliphatic heterocycles. The highest BCUT2D eigenvalue weighted by atomic mass is 19.1. The molecule has 1 fully saturated rings. The van der Waals surface area contributed by atoms with Crippen molar-refractivity contribution in [3.63, 3.8) is 0 Å². The number of hydrogen-bond acceptors (Lipinski definition) is 5. The maximum atomic E-state index is 13.7. The van der Waals surface area contributed by atoms with Crippen LogP contribution in [0.4, 0.5) is 14.5 Å². The van der Waals surface area contributed by atoms with Gasteiger partial charge in [0.2, 0.25) is 0 Å². The van der Waals surface area contributed by atoms with E-state index in [1.54, 1.807) is 18.2 Å². The van der Waals surface area contributed by atoms with E-state index in [-0.39, 0.29) is 17.4 Å². The van der Waals surface area contributed by atoms with Crippen LogP contribution in [0.1, 0.15) is 30.1 Å². The normalized spacial score (nSPS) is 16.9. The van der Waals surface area contributed by atoms with Crippen LogP contribution in [0.2, 0.25) is 0 Å². The van der Waals surface area contributed by atoms with E-state index in [9.17, 15) is 18.4 Å². The maximum absolute atomic E-state index is 13.7. The molecule has 6 nitrogen and oxygen atoms in total. The molecule has 0 spiro atoms. The molecule has 8 heteroatoms. The van der Waals surface area contributed by atoms with Gasteiger partial charge < -0.3 is 19.5 Å². The van der Waals surface area contributed by atoms with Gasteiger partial charge in [0.1, 0.15) is 29.6 Å². The number of carbonyl (C=O) groups is 2. The minimum absolute atomic E-state index is 0.0232. The van der Waals surface area contributed by atoms with Crippen LogP contribution >= 0.6 is 0 Å². The van der Waals surface area contributed by atoms with Crippen molar-refractivity contribution in [2.45, 2.75) is 32.0 Å². The second kappa shape index (κ2) is 9.47. The fraction of sp³-hybridized carbons (Fsp3) is 0.333. The molecule has 154 valence electrons. The molecule has 0 unspecified atom stereocenters. The Morgan fingerprint density at radius 2 is 2.03 bits per heavy atom. The molecule has 2 aromatic rings. The second-order valence-corrected chi connectivity index (χ2v) is 6.60. The van der Waals surface area contributed by atoms with Crippen LogP contribution < -0.4 is 10.1 Å². The van der Waals surface area contributed by atoms with Crippen LogP contribution in [0.5, 0.6) is 5.75 Å². The summed E-state index contributed by atoms with van der Waals surface area (Å²) in [5.74, 6) is -2.75. The standard InChI is InChI=1S/C21H21F2NO5/c1-13(20(25)24-18-11-14(22)8-9-17(18)23)29-21(26)16-6-2-3-7-19(16)28-12-15-5-4-10-27-15/h2-3,6-9,11,13,15H,4-5,10,12H2,1H3,(H,24,25)/t13-,15-/m0/s1. The highest BCUT2D eigenvalue weighted by molar-refractivity contribution is 5.98. The number of carbonyl (C=O) groups excluding carboxylic acids is 2. The van der Waals surface area contributed by atoms with E-state index in [2.05, 4.69) is 5.32 Å². The number of nitrogens with one attached hydrogen (secondary N) is 1. The molecule has 0 saturated carbocycles. The Morgan fingerprint density at radius 3 is 2.79 bits per heavy atom. The fourth-order valence-corrected chi connectivity index (χ4v) is 2.82. The number of benzene rings is 2. The first-order chi connectivity index (χ1) is 13.9. The average Bonchev–Trinajstić information content (AvgIpc) is 3.23. The number of halogens is 2. The Bertz CT molecular complexity index is 883. The van der Waals surface area contributed by atoms with Gasteiger partial charge in [-0.3, -0.25) is 4.79 Å². The van der Waals surface area contributed by atoms with E-state index in [4.69, 9.17) is 14.2 Å². The molecule has 29 heavy (non-hydrogen) atoms. The minimum atomic E-state index is -1.24. The number of anilines is 1. The van der Waals surface area contributed by atoms with E-state index in [1.807, 2.05) is 0 Å². The second-order valence-electron chi connectivity index (χ2n) is 6.60. The molecular formula is C21H21F2NO5. The molecule has 1 N–H and O–H groups in total. The molecule has 1 saturated heterocycles. The molecule has 2 aromatic carbocycles. The van der Waals surface area contributed by atoms with Crippen LogP contribution in [0.3, 0.4) is 0 Å². The summed E-state index contributed by atoms with van der Waals surface area (Å²) in [6.45, 7) is 2.33. The quantitative estimate of drug-likeness (QED) is 0.711. The first-order valence-electron chi connectivity index (χ1n) is 9.24. The maximum Gasteiger partial charge on any atom is 0.342 e. The lowest BCUT2D eigenvalue weighted by molar-refractivity contribution is -0.123. The Labute approximate surface area is 166 Å². The molecule has 2 atom stereocenters. The number of ether oxygens (including phenoxy) is 3. The molecule has 1 amide bonds. The summed E-state index contributed by atoms with van der Waals surface area (Å²) in [6, 6.07) is 9.16. The largest absolute Gasteiger partial charge is 0.490 e. The molecule has 0 aromatic heterocycles. The van der Waals surface area contributed by atoms with Crippen LogP contribution in [0, 0.1) is 11.6 Å². The number of hydrogen-bond donors (Lipinski definition) is 1. The van der Waals surface area contributed by atoms with Crippen molar-refractivity contribution >= 4 is 17.6 Å². The van der Waals surface area contributed by atoms with Crippen LogP contribution in [-0.2, 0) is 14.3 Å². The zero-order valence-corrected chi connectivity index (χ0v) is 15.8. The smallest absolute Gasteiger partial charge is 0.342 e. The van der Waals surface area contributed by atoms with Crippen LogP contribution in [0.25, 0.3) is 0 Å². The Balaban J connectivity index is 1.61. The Morgan fingerprint density at radius 1 is 1.24 bits per heavy atom. The summed E-state index contributed by atoms with van der Waals surface area (Å²) in [4.78, 5) is 24.7. The summed E-state index contributed by atoms with van der Waals surface area (Å²) in [5.41, 5.74) is -0.180. The van der Waals surface area contributed by atoms with Crippen molar-refractivity contribution in [2.75, 3.05) is 18.5 Å². The topological polar surface area (TPSA) is 73.9 Å². The summed E-state index contributed by atoms with van der Waals surface area (Å²) in [7, 11) is 0. The lowest BCUT2D eigenvalue weighted by Crippen LogP contribution is -2.30. The van der Waals surface area contributed by atoms with Gasteiger partial charge >= 0.3 is 5.97 Å². The predicted octanol–water partition coefficient (Wildman–Crippen LogP) is 3.71. The molecule has 0 radical (unpaired) electrons. The Hall–Kier alpha value is -3.00. The zero-order valence-electron chi connectivity index (χ0n) is 15.8.